The van der Waals surface area contributed by atoms with Gasteiger partial charge in [0, 0.05) is 32.2 Å². The van der Waals surface area contributed by atoms with Crippen LogP contribution in [-0.4, -0.2) is 48.1 Å². The molecule has 142 valence electrons. The number of hydrogen-bond acceptors (Lipinski definition) is 2. The normalized spacial score (nSPS) is 18.0. The Morgan fingerprint density at radius 3 is 1.78 bits per heavy atom. The maximum atomic E-state index is 13.4. The predicted molar refractivity (Wildman–Crippen MR) is 99.3 cm³/mol. The molecule has 0 aromatic heterocycles. The summed E-state index contributed by atoms with van der Waals surface area (Å²) >= 11 is 0. The molecule has 2 aromatic carbocycles. The van der Waals surface area contributed by atoms with E-state index in [-0.39, 0.29) is 23.7 Å². The van der Waals surface area contributed by atoms with Crippen LogP contribution in [-0.2, 0) is 0 Å². The summed E-state index contributed by atoms with van der Waals surface area (Å²) in [4.78, 5) is 16.4. The molecule has 0 bridgehead atoms. The maximum Gasteiger partial charge on any atom is 0.317 e. The van der Waals surface area contributed by atoms with Crippen LogP contribution in [0.3, 0.4) is 0 Å². The third kappa shape index (κ3) is 4.27. The van der Waals surface area contributed by atoms with Gasteiger partial charge in [0.15, 0.2) is 0 Å². The third-order valence-corrected chi connectivity index (χ3v) is 5.24. The van der Waals surface area contributed by atoms with Crippen LogP contribution in [0.25, 0.3) is 0 Å². The van der Waals surface area contributed by atoms with Crippen LogP contribution in [0.1, 0.15) is 30.0 Å². The fraction of sp³-hybridized carbons (Fsp3) is 0.381. The Morgan fingerprint density at radius 2 is 1.33 bits per heavy atom. The van der Waals surface area contributed by atoms with Crippen LogP contribution < -0.4 is 5.32 Å². The number of nitrogens with zero attached hydrogens (tertiary/aromatic N) is 2. The van der Waals surface area contributed by atoms with Crippen molar-refractivity contribution < 1.29 is 13.6 Å². The monoisotopic (exact) mass is 371 g/mol. The molecule has 0 unspecified atom stereocenters. The number of halogens is 2. The molecule has 0 atom stereocenters. The zero-order valence-corrected chi connectivity index (χ0v) is 15.1. The molecule has 1 heterocycles. The van der Waals surface area contributed by atoms with E-state index in [1.54, 1.807) is 24.3 Å². The molecule has 1 saturated carbocycles. The van der Waals surface area contributed by atoms with Gasteiger partial charge in [0.2, 0.25) is 0 Å². The summed E-state index contributed by atoms with van der Waals surface area (Å²) < 4.78 is 26.8. The van der Waals surface area contributed by atoms with Crippen molar-refractivity contribution in [3.8, 4) is 0 Å². The largest absolute Gasteiger partial charge is 0.335 e. The van der Waals surface area contributed by atoms with Crippen LogP contribution in [0, 0.1) is 11.6 Å². The second-order valence-electron chi connectivity index (χ2n) is 7.25. The highest BCUT2D eigenvalue weighted by atomic mass is 19.1. The summed E-state index contributed by atoms with van der Waals surface area (Å²) in [6.45, 7) is 2.68. The molecule has 0 spiro atoms. The van der Waals surface area contributed by atoms with Gasteiger partial charge in [-0.3, -0.25) is 4.90 Å². The lowest BCUT2D eigenvalue weighted by atomic mass is 9.96. The zero-order valence-electron chi connectivity index (χ0n) is 15.1. The van der Waals surface area contributed by atoms with E-state index in [1.807, 2.05) is 4.90 Å². The summed E-state index contributed by atoms with van der Waals surface area (Å²) in [6.07, 6.45) is 2.14. The molecular weight excluding hydrogens is 348 g/mol. The molecule has 27 heavy (non-hydrogen) atoms. The minimum atomic E-state index is -0.279. The fourth-order valence-corrected chi connectivity index (χ4v) is 3.58. The number of urea groups is 1. The quantitative estimate of drug-likeness (QED) is 0.892. The first-order chi connectivity index (χ1) is 13.1. The van der Waals surface area contributed by atoms with Crippen LogP contribution in [0.2, 0.25) is 0 Å². The van der Waals surface area contributed by atoms with Gasteiger partial charge < -0.3 is 10.2 Å². The van der Waals surface area contributed by atoms with Gasteiger partial charge in [-0.05, 0) is 48.2 Å². The molecule has 6 heteroatoms. The summed E-state index contributed by atoms with van der Waals surface area (Å²) in [6, 6.07) is 13.2. The molecule has 2 aliphatic rings. The third-order valence-electron chi connectivity index (χ3n) is 5.24. The molecule has 0 radical (unpaired) electrons. The smallest absolute Gasteiger partial charge is 0.317 e. The standard InChI is InChI=1S/C21H23F2N3O/c22-17-5-1-15(2-6-17)20(16-3-7-18(23)8-4-16)25-11-13-26(14-12-25)21(27)24-19-9-10-19/h1-8,19-20H,9-14H2,(H,24,27). The second-order valence-corrected chi connectivity index (χ2v) is 7.25. The lowest BCUT2D eigenvalue weighted by Crippen LogP contribution is -2.52. The molecule has 1 aliphatic heterocycles. The van der Waals surface area contributed by atoms with Crippen LogP contribution in [0.5, 0.6) is 0 Å². The van der Waals surface area contributed by atoms with E-state index in [4.69, 9.17) is 0 Å². The highest BCUT2D eigenvalue weighted by Crippen LogP contribution is 2.30. The molecule has 4 nitrogen and oxygen atoms in total. The SMILES string of the molecule is O=C(NC1CC1)N1CCN(C(c2ccc(F)cc2)c2ccc(F)cc2)CC1. The van der Waals surface area contributed by atoms with E-state index < -0.39 is 0 Å². The highest BCUT2D eigenvalue weighted by Gasteiger charge is 2.30. The van der Waals surface area contributed by atoms with Gasteiger partial charge >= 0.3 is 6.03 Å². The topological polar surface area (TPSA) is 35.6 Å². The Kier molecular flexibility index (Phi) is 5.07. The summed E-state index contributed by atoms with van der Waals surface area (Å²) in [5, 5.41) is 3.03. The second kappa shape index (κ2) is 7.64. The van der Waals surface area contributed by atoms with Gasteiger partial charge in [-0.1, -0.05) is 24.3 Å². The Hall–Kier alpha value is -2.47. The lowest BCUT2D eigenvalue weighted by Gasteiger charge is -2.39. The first-order valence-corrected chi connectivity index (χ1v) is 9.40. The van der Waals surface area contributed by atoms with Crippen molar-refractivity contribution in [3.05, 3.63) is 71.3 Å². The van der Waals surface area contributed by atoms with Crippen LogP contribution in [0.15, 0.2) is 48.5 Å². The minimum absolute atomic E-state index is 0.0114. The van der Waals surface area contributed by atoms with Gasteiger partial charge in [0.1, 0.15) is 11.6 Å². The van der Waals surface area contributed by atoms with Crippen LogP contribution in [0.4, 0.5) is 13.6 Å². The number of carbonyl (C=O) groups is 1. The summed E-state index contributed by atoms with van der Waals surface area (Å²) in [5.41, 5.74) is 1.91. The van der Waals surface area contributed by atoms with Crippen molar-refractivity contribution in [1.82, 2.24) is 15.1 Å². The van der Waals surface area contributed by atoms with E-state index in [2.05, 4.69) is 10.2 Å². The van der Waals surface area contributed by atoms with Crippen molar-refractivity contribution in [2.24, 2.45) is 0 Å². The first-order valence-electron chi connectivity index (χ1n) is 9.40. The van der Waals surface area contributed by atoms with Gasteiger partial charge in [0.25, 0.3) is 0 Å². The average molecular weight is 371 g/mol. The van der Waals surface area contributed by atoms with Gasteiger partial charge in [-0.25, -0.2) is 13.6 Å². The fourth-order valence-electron chi connectivity index (χ4n) is 3.58. The summed E-state index contributed by atoms with van der Waals surface area (Å²) in [5.74, 6) is -0.559. The maximum absolute atomic E-state index is 13.4. The zero-order chi connectivity index (χ0) is 18.8. The molecule has 1 N–H and O–H groups in total. The Morgan fingerprint density at radius 1 is 0.852 bits per heavy atom. The minimum Gasteiger partial charge on any atom is -0.335 e. The molecule has 4 rings (SSSR count). The number of benzene rings is 2. The number of rotatable bonds is 4. The van der Waals surface area contributed by atoms with E-state index in [0.717, 1.165) is 24.0 Å². The average Bonchev–Trinajstić information content (AvgIpc) is 3.49. The number of hydrogen-bond donors (Lipinski definition) is 1. The molecular formula is C21H23F2N3O. The number of nitrogens with one attached hydrogen (secondary N) is 1. The van der Waals surface area contributed by atoms with Crippen molar-refractivity contribution in [2.45, 2.75) is 24.9 Å². The predicted octanol–water partition coefficient (Wildman–Crippen LogP) is 3.54. The van der Waals surface area contributed by atoms with Crippen molar-refractivity contribution in [1.29, 1.82) is 0 Å². The number of carbonyl (C=O) groups excluding carboxylic acids is 1. The van der Waals surface area contributed by atoms with E-state index in [0.29, 0.717) is 32.2 Å². The molecule has 2 fully saturated rings. The molecule has 2 aromatic rings. The first kappa shape index (κ1) is 17.9. The lowest BCUT2D eigenvalue weighted by molar-refractivity contribution is 0.120. The number of amides is 2. The van der Waals surface area contributed by atoms with E-state index >= 15 is 0 Å². The van der Waals surface area contributed by atoms with Crippen molar-refractivity contribution in [2.75, 3.05) is 26.2 Å². The molecule has 1 saturated heterocycles. The Bertz CT molecular complexity index is 737. The van der Waals surface area contributed by atoms with Crippen molar-refractivity contribution in [3.63, 3.8) is 0 Å². The molecule has 1 aliphatic carbocycles. The van der Waals surface area contributed by atoms with Gasteiger partial charge in [-0.2, -0.15) is 0 Å². The van der Waals surface area contributed by atoms with Crippen LogP contribution >= 0.6 is 0 Å². The summed E-state index contributed by atoms with van der Waals surface area (Å²) in [7, 11) is 0. The molecule has 2 amide bonds. The van der Waals surface area contributed by atoms with E-state index in [1.165, 1.54) is 24.3 Å². The van der Waals surface area contributed by atoms with Crippen molar-refractivity contribution >= 4 is 6.03 Å². The van der Waals surface area contributed by atoms with Gasteiger partial charge in [0.05, 0.1) is 6.04 Å². The van der Waals surface area contributed by atoms with E-state index in [9.17, 15) is 13.6 Å². The number of piperazine rings is 1. The highest BCUT2D eigenvalue weighted by molar-refractivity contribution is 5.75. The van der Waals surface area contributed by atoms with Gasteiger partial charge in [-0.15, -0.1) is 0 Å². The Labute approximate surface area is 157 Å². The Balaban J connectivity index is 1.51.